The summed E-state index contributed by atoms with van der Waals surface area (Å²) >= 11 is 0. The van der Waals surface area contributed by atoms with E-state index in [1.807, 2.05) is 45.3 Å². The van der Waals surface area contributed by atoms with Crippen LogP contribution in [0.1, 0.15) is 33.6 Å². The normalized spacial score (nSPS) is 11.4. The molecule has 0 atom stereocenters. The number of phenols is 1. The van der Waals surface area contributed by atoms with Crippen LogP contribution in [0.15, 0.2) is 54.9 Å². The molecular weight excluding hydrogens is 390 g/mol. The fourth-order valence-corrected chi connectivity index (χ4v) is 3.37. The summed E-state index contributed by atoms with van der Waals surface area (Å²) in [6.45, 7) is 7.04. The summed E-state index contributed by atoms with van der Waals surface area (Å²) < 4.78 is 5.25. The largest absolute Gasteiger partial charge is 0.508 e. The van der Waals surface area contributed by atoms with Crippen LogP contribution in [-0.4, -0.2) is 41.9 Å². The van der Waals surface area contributed by atoms with Crippen molar-refractivity contribution in [3.8, 4) is 16.9 Å². The van der Waals surface area contributed by atoms with E-state index in [1.165, 1.54) is 0 Å². The zero-order chi connectivity index (χ0) is 22.4. The lowest BCUT2D eigenvalue weighted by molar-refractivity contribution is 0.0527. The van der Waals surface area contributed by atoms with Crippen molar-refractivity contribution < 1.29 is 14.6 Å². The molecule has 0 spiro atoms. The number of aromatic hydroxyl groups is 1. The maximum absolute atomic E-state index is 11.7. The van der Waals surface area contributed by atoms with Gasteiger partial charge in [-0.05, 0) is 68.8 Å². The van der Waals surface area contributed by atoms with Crippen LogP contribution in [0.5, 0.6) is 5.75 Å². The molecule has 0 saturated carbocycles. The fourth-order valence-electron chi connectivity index (χ4n) is 3.37. The molecule has 0 aliphatic rings. The second-order valence-electron chi connectivity index (χ2n) is 8.70. The molecule has 1 heterocycles. The number of anilines is 1. The van der Waals surface area contributed by atoms with Gasteiger partial charge in [-0.2, -0.15) is 0 Å². The number of rotatable bonds is 7. The number of hydrogen-bond acceptors (Lipinski definition) is 5. The molecule has 0 unspecified atom stereocenters. The van der Waals surface area contributed by atoms with Gasteiger partial charge >= 0.3 is 6.09 Å². The first-order valence-corrected chi connectivity index (χ1v) is 10.6. The van der Waals surface area contributed by atoms with E-state index < -0.39 is 5.60 Å². The summed E-state index contributed by atoms with van der Waals surface area (Å²) in [5, 5.41) is 14.6. The van der Waals surface area contributed by atoms with Gasteiger partial charge in [-0.3, -0.25) is 4.98 Å². The lowest BCUT2D eigenvalue weighted by Crippen LogP contribution is -2.33. The highest BCUT2D eigenvalue weighted by Crippen LogP contribution is 2.31. The molecule has 3 rings (SSSR count). The van der Waals surface area contributed by atoms with E-state index in [0.717, 1.165) is 47.0 Å². The lowest BCUT2D eigenvalue weighted by atomic mass is 10.0. The molecule has 3 aromatic rings. The van der Waals surface area contributed by atoms with Crippen molar-refractivity contribution >= 4 is 22.6 Å². The Labute approximate surface area is 183 Å². The maximum atomic E-state index is 11.7. The van der Waals surface area contributed by atoms with Crippen LogP contribution in [0.25, 0.3) is 21.9 Å². The van der Waals surface area contributed by atoms with Gasteiger partial charge in [-0.1, -0.05) is 18.2 Å². The monoisotopic (exact) mass is 421 g/mol. The van der Waals surface area contributed by atoms with Crippen molar-refractivity contribution in [1.82, 2.24) is 10.3 Å². The standard InChI is InChI=1S/C25H31N3O3/c1-25(2,3)31-24(30)27-13-5-6-14-28(4)20-10-7-19-16-26-17-23(22(19)15-20)18-8-11-21(29)12-9-18/h7-12,15-17,29H,5-6,13-14H2,1-4H3,(H,27,30). The van der Waals surface area contributed by atoms with Crippen molar-refractivity contribution in [2.24, 2.45) is 0 Å². The second kappa shape index (κ2) is 9.69. The Bertz CT molecular complexity index is 1030. The highest BCUT2D eigenvalue weighted by Gasteiger charge is 2.15. The van der Waals surface area contributed by atoms with Gasteiger partial charge in [-0.15, -0.1) is 0 Å². The van der Waals surface area contributed by atoms with Gasteiger partial charge < -0.3 is 20.1 Å². The minimum Gasteiger partial charge on any atom is -0.508 e. The van der Waals surface area contributed by atoms with Gasteiger partial charge in [0.15, 0.2) is 0 Å². The molecule has 0 radical (unpaired) electrons. The number of pyridine rings is 1. The Morgan fingerprint density at radius 3 is 2.55 bits per heavy atom. The summed E-state index contributed by atoms with van der Waals surface area (Å²) in [4.78, 5) is 18.3. The molecule has 2 aromatic carbocycles. The minimum absolute atomic E-state index is 0.249. The Kier molecular flexibility index (Phi) is 7.00. The van der Waals surface area contributed by atoms with E-state index in [0.29, 0.717) is 6.54 Å². The Morgan fingerprint density at radius 2 is 1.84 bits per heavy atom. The summed E-state index contributed by atoms with van der Waals surface area (Å²) in [6, 6.07) is 13.6. The van der Waals surface area contributed by atoms with E-state index in [9.17, 15) is 9.90 Å². The van der Waals surface area contributed by atoms with Gasteiger partial charge in [0.25, 0.3) is 0 Å². The molecule has 6 nitrogen and oxygen atoms in total. The molecular formula is C25H31N3O3. The number of ether oxygens (including phenoxy) is 1. The molecule has 2 N–H and O–H groups in total. The van der Waals surface area contributed by atoms with Crippen LogP contribution in [0.3, 0.4) is 0 Å². The number of amides is 1. The number of carbonyl (C=O) groups is 1. The van der Waals surface area contributed by atoms with Crippen molar-refractivity contribution in [2.75, 3.05) is 25.0 Å². The van der Waals surface area contributed by atoms with E-state index >= 15 is 0 Å². The molecule has 31 heavy (non-hydrogen) atoms. The number of carbonyl (C=O) groups excluding carboxylic acids is 1. The third kappa shape index (κ3) is 6.35. The third-order valence-corrected chi connectivity index (χ3v) is 4.95. The molecule has 0 aliphatic carbocycles. The summed E-state index contributed by atoms with van der Waals surface area (Å²) in [6.07, 6.45) is 5.18. The SMILES string of the molecule is CN(CCCCNC(=O)OC(C)(C)C)c1ccc2cncc(-c3ccc(O)cc3)c2c1. The number of hydrogen-bond donors (Lipinski definition) is 2. The zero-order valence-corrected chi connectivity index (χ0v) is 18.7. The first kappa shape index (κ1) is 22.4. The van der Waals surface area contributed by atoms with Crippen molar-refractivity contribution in [3.63, 3.8) is 0 Å². The van der Waals surface area contributed by atoms with Gasteiger partial charge in [-0.25, -0.2) is 4.79 Å². The number of alkyl carbamates (subject to hydrolysis) is 1. The number of benzene rings is 2. The second-order valence-corrected chi connectivity index (χ2v) is 8.70. The van der Waals surface area contributed by atoms with Crippen LogP contribution in [0.4, 0.5) is 10.5 Å². The van der Waals surface area contributed by atoms with Gasteiger partial charge in [0, 0.05) is 49.2 Å². The summed E-state index contributed by atoms with van der Waals surface area (Å²) in [5.74, 6) is 0.249. The van der Waals surface area contributed by atoms with Crippen molar-refractivity contribution in [3.05, 3.63) is 54.9 Å². The average molecular weight is 422 g/mol. The molecule has 164 valence electrons. The lowest BCUT2D eigenvalue weighted by Gasteiger charge is -2.21. The van der Waals surface area contributed by atoms with E-state index in [-0.39, 0.29) is 11.8 Å². The molecule has 0 bridgehead atoms. The highest BCUT2D eigenvalue weighted by molar-refractivity contribution is 5.97. The number of aromatic nitrogens is 1. The van der Waals surface area contributed by atoms with E-state index in [1.54, 1.807) is 12.1 Å². The molecule has 0 fully saturated rings. The number of nitrogens with zero attached hydrogens (tertiary/aromatic N) is 2. The number of fused-ring (bicyclic) bond motifs is 1. The molecule has 6 heteroatoms. The summed E-state index contributed by atoms with van der Waals surface area (Å²) in [5.41, 5.74) is 2.70. The van der Waals surface area contributed by atoms with Crippen LogP contribution in [0.2, 0.25) is 0 Å². The predicted molar refractivity (Wildman–Crippen MR) is 126 cm³/mol. The Hall–Kier alpha value is -3.28. The first-order chi connectivity index (χ1) is 14.7. The third-order valence-electron chi connectivity index (χ3n) is 4.95. The molecule has 0 saturated heterocycles. The smallest absolute Gasteiger partial charge is 0.407 e. The van der Waals surface area contributed by atoms with Crippen molar-refractivity contribution in [2.45, 2.75) is 39.2 Å². The van der Waals surface area contributed by atoms with E-state index in [2.05, 4.69) is 40.4 Å². The van der Waals surface area contributed by atoms with Gasteiger partial charge in [0.05, 0.1) is 0 Å². The Balaban J connectivity index is 1.61. The topological polar surface area (TPSA) is 74.7 Å². The number of unbranched alkanes of at least 4 members (excludes halogenated alkanes) is 1. The Morgan fingerprint density at radius 1 is 1.10 bits per heavy atom. The van der Waals surface area contributed by atoms with Gasteiger partial charge in [0.1, 0.15) is 11.4 Å². The van der Waals surface area contributed by atoms with Crippen LogP contribution >= 0.6 is 0 Å². The zero-order valence-electron chi connectivity index (χ0n) is 18.7. The molecule has 1 aromatic heterocycles. The first-order valence-electron chi connectivity index (χ1n) is 10.6. The maximum Gasteiger partial charge on any atom is 0.407 e. The average Bonchev–Trinajstić information content (AvgIpc) is 2.72. The number of nitrogens with one attached hydrogen (secondary N) is 1. The highest BCUT2D eigenvalue weighted by atomic mass is 16.6. The van der Waals surface area contributed by atoms with Crippen LogP contribution in [-0.2, 0) is 4.74 Å². The quantitative estimate of drug-likeness (QED) is 0.503. The fraction of sp³-hybridized carbons (Fsp3) is 0.360. The van der Waals surface area contributed by atoms with Crippen molar-refractivity contribution in [1.29, 1.82) is 0 Å². The van der Waals surface area contributed by atoms with Crippen LogP contribution < -0.4 is 10.2 Å². The van der Waals surface area contributed by atoms with Gasteiger partial charge in [0.2, 0.25) is 0 Å². The predicted octanol–water partition coefficient (Wildman–Crippen LogP) is 5.35. The van der Waals surface area contributed by atoms with E-state index in [4.69, 9.17) is 4.74 Å². The molecule has 1 amide bonds. The minimum atomic E-state index is -0.477. The number of phenolic OH excluding ortho intramolecular Hbond substituents is 1. The molecule has 0 aliphatic heterocycles. The van der Waals surface area contributed by atoms with Crippen LogP contribution in [0, 0.1) is 0 Å². The summed E-state index contributed by atoms with van der Waals surface area (Å²) in [7, 11) is 2.07.